The Bertz CT molecular complexity index is 575. The Kier molecular flexibility index (Phi) is 2.84. The highest BCUT2D eigenvalue weighted by Crippen LogP contribution is 2.32. The number of halogens is 1. The highest BCUT2D eigenvalue weighted by atomic mass is 79.9. The van der Waals surface area contributed by atoms with Crippen LogP contribution in [0.3, 0.4) is 0 Å². The predicted octanol–water partition coefficient (Wildman–Crippen LogP) is 2.46. The molecule has 0 bridgehead atoms. The lowest BCUT2D eigenvalue weighted by atomic mass is 10.1. The van der Waals surface area contributed by atoms with E-state index < -0.39 is 4.92 Å². The highest BCUT2D eigenvalue weighted by Gasteiger charge is 2.15. The van der Waals surface area contributed by atoms with Crippen molar-refractivity contribution < 1.29 is 10.0 Å². The number of aromatic nitrogens is 2. The number of aryl methyl sites for hydroxylation is 1. The van der Waals surface area contributed by atoms with E-state index in [2.05, 4.69) is 21.0 Å². The molecule has 6 nitrogen and oxygen atoms in total. The monoisotopic (exact) mass is 297 g/mol. The summed E-state index contributed by atoms with van der Waals surface area (Å²) < 4.78 is 2.28. The molecule has 0 spiro atoms. The molecule has 1 N–H and O–H groups in total. The van der Waals surface area contributed by atoms with Crippen molar-refractivity contribution in [3.63, 3.8) is 0 Å². The van der Waals surface area contributed by atoms with Crippen molar-refractivity contribution in [1.82, 2.24) is 9.78 Å². The summed E-state index contributed by atoms with van der Waals surface area (Å²) in [6.07, 6.45) is 1.59. The van der Waals surface area contributed by atoms with Gasteiger partial charge in [-0.05, 0) is 22.0 Å². The van der Waals surface area contributed by atoms with Crippen molar-refractivity contribution in [2.24, 2.45) is 7.05 Å². The van der Waals surface area contributed by atoms with Gasteiger partial charge in [0.2, 0.25) is 0 Å². The molecule has 2 aromatic rings. The van der Waals surface area contributed by atoms with Gasteiger partial charge in [-0.2, -0.15) is 5.10 Å². The summed E-state index contributed by atoms with van der Waals surface area (Å²) in [4.78, 5) is 10.2. The molecule has 1 heterocycles. The first-order valence-electron chi connectivity index (χ1n) is 4.65. The van der Waals surface area contributed by atoms with Crippen molar-refractivity contribution in [2.45, 2.75) is 0 Å². The van der Waals surface area contributed by atoms with Gasteiger partial charge in [0, 0.05) is 18.7 Å². The van der Waals surface area contributed by atoms with Crippen molar-refractivity contribution >= 4 is 21.6 Å². The van der Waals surface area contributed by atoms with Gasteiger partial charge in [-0.3, -0.25) is 14.8 Å². The van der Waals surface area contributed by atoms with Gasteiger partial charge in [-0.15, -0.1) is 0 Å². The summed E-state index contributed by atoms with van der Waals surface area (Å²) in [5.41, 5.74) is 1.04. The Morgan fingerprint density at radius 1 is 1.47 bits per heavy atom. The Morgan fingerprint density at radius 3 is 2.71 bits per heavy atom. The maximum Gasteiger partial charge on any atom is 0.273 e. The first kappa shape index (κ1) is 11.6. The average Bonchev–Trinajstić information content (AvgIpc) is 2.57. The van der Waals surface area contributed by atoms with E-state index in [0.717, 1.165) is 6.07 Å². The minimum absolute atomic E-state index is 0.151. The van der Waals surface area contributed by atoms with Crippen molar-refractivity contribution in [3.8, 4) is 17.0 Å². The number of phenolic OH excluding ortho intramolecular Hbond substituents is 1. The summed E-state index contributed by atoms with van der Waals surface area (Å²) in [6.45, 7) is 0. The molecule has 0 unspecified atom stereocenters. The SMILES string of the molecule is Cn1ncc(Br)c1-c1cc(O)cc([N+](=O)[O-])c1. The third kappa shape index (κ3) is 2.14. The fraction of sp³-hybridized carbons (Fsp3) is 0.100. The first-order valence-corrected chi connectivity index (χ1v) is 5.44. The molecule has 0 radical (unpaired) electrons. The highest BCUT2D eigenvalue weighted by molar-refractivity contribution is 9.10. The van der Waals surface area contributed by atoms with Gasteiger partial charge in [0.25, 0.3) is 5.69 Å². The number of nitro benzene ring substituents is 1. The van der Waals surface area contributed by atoms with Crippen LogP contribution in [0.1, 0.15) is 0 Å². The first-order chi connectivity index (χ1) is 7.99. The summed E-state index contributed by atoms with van der Waals surface area (Å²) in [7, 11) is 1.72. The third-order valence-electron chi connectivity index (χ3n) is 2.28. The lowest BCUT2D eigenvalue weighted by Crippen LogP contribution is -1.95. The molecule has 0 amide bonds. The van der Waals surface area contributed by atoms with E-state index >= 15 is 0 Å². The zero-order valence-electron chi connectivity index (χ0n) is 8.79. The zero-order chi connectivity index (χ0) is 12.6. The van der Waals surface area contributed by atoms with E-state index in [1.54, 1.807) is 17.9 Å². The van der Waals surface area contributed by atoms with Crippen molar-refractivity contribution in [1.29, 1.82) is 0 Å². The van der Waals surface area contributed by atoms with Crippen LogP contribution in [0.5, 0.6) is 5.75 Å². The maximum atomic E-state index is 10.7. The number of aromatic hydroxyl groups is 1. The van der Waals surface area contributed by atoms with Crippen LogP contribution < -0.4 is 0 Å². The number of benzene rings is 1. The Labute approximate surface area is 105 Å². The lowest BCUT2D eigenvalue weighted by Gasteiger charge is -2.04. The number of phenols is 1. The standard InChI is InChI=1S/C10H8BrN3O3/c1-13-10(9(11)5-12-13)6-2-7(14(16)17)4-8(15)3-6/h2-5,15H,1H3. The second-order valence-electron chi connectivity index (χ2n) is 3.46. The van der Waals surface area contributed by atoms with E-state index in [4.69, 9.17) is 0 Å². The van der Waals surface area contributed by atoms with Crippen LogP contribution in [0, 0.1) is 10.1 Å². The fourth-order valence-electron chi connectivity index (χ4n) is 1.57. The molecule has 88 valence electrons. The molecule has 0 atom stereocenters. The molecule has 0 saturated heterocycles. The Morgan fingerprint density at radius 2 is 2.18 bits per heavy atom. The molecule has 17 heavy (non-hydrogen) atoms. The molecule has 0 aliphatic carbocycles. The molecule has 2 rings (SSSR count). The van der Waals surface area contributed by atoms with E-state index in [1.165, 1.54) is 12.1 Å². The summed E-state index contributed by atoms with van der Waals surface area (Å²) >= 11 is 3.31. The summed E-state index contributed by atoms with van der Waals surface area (Å²) in [6, 6.07) is 3.95. The van der Waals surface area contributed by atoms with Gasteiger partial charge in [0.1, 0.15) is 5.75 Å². The number of hydrogen-bond donors (Lipinski definition) is 1. The molecule has 0 saturated carbocycles. The van der Waals surface area contributed by atoms with Gasteiger partial charge >= 0.3 is 0 Å². The second-order valence-corrected chi connectivity index (χ2v) is 4.31. The molecule has 0 fully saturated rings. The topological polar surface area (TPSA) is 81.2 Å². The third-order valence-corrected chi connectivity index (χ3v) is 2.86. The van der Waals surface area contributed by atoms with Gasteiger partial charge in [0.05, 0.1) is 27.4 Å². The predicted molar refractivity (Wildman–Crippen MR) is 64.7 cm³/mol. The van der Waals surface area contributed by atoms with Crippen LogP contribution in [-0.2, 0) is 7.05 Å². The van der Waals surface area contributed by atoms with E-state index in [0.29, 0.717) is 15.7 Å². The van der Waals surface area contributed by atoms with Crippen LogP contribution in [0.25, 0.3) is 11.3 Å². The molecular formula is C10H8BrN3O3. The van der Waals surface area contributed by atoms with Gasteiger partial charge in [-0.1, -0.05) is 0 Å². The van der Waals surface area contributed by atoms with Crippen molar-refractivity contribution in [3.05, 3.63) is 39.0 Å². The Balaban J connectivity index is 2.64. The normalized spacial score (nSPS) is 10.5. The van der Waals surface area contributed by atoms with Gasteiger partial charge < -0.3 is 5.11 Å². The summed E-state index contributed by atoms with van der Waals surface area (Å²) in [5, 5.41) is 24.2. The minimum Gasteiger partial charge on any atom is -0.508 e. The Hall–Kier alpha value is -1.89. The average molecular weight is 298 g/mol. The molecule has 0 aliphatic rings. The number of rotatable bonds is 2. The fourth-order valence-corrected chi connectivity index (χ4v) is 2.15. The smallest absolute Gasteiger partial charge is 0.273 e. The molecule has 7 heteroatoms. The van der Waals surface area contributed by atoms with Gasteiger partial charge in [0.15, 0.2) is 0 Å². The van der Waals surface area contributed by atoms with E-state index in [-0.39, 0.29) is 11.4 Å². The minimum atomic E-state index is -0.548. The number of nitro groups is 1. The van der Waals surface area contributed by atoms with Crippen LogP contribution >= 0.6 is 15.9 Å². The van der Waals surface area contributed by atoms with Gasteiger partial charge in [-0.25, -0.2) is 0 Å². The maximum absolute atomic E-state index is 10.7. The van der Waals surface area contributed by atoms with Crippen LogP contribution in [0.4, 0.5) is 5.69 Å². The largest absolute Gasteiger partial charge is 0.508 e. The van der Waals surface area contributed by atoms with E-state index in [1.807, 2.05) is 0 Å². The van der Waals surface area contributed by atoms with Crippen LogP contribution in [0.15, 0.2) is 28.9 Å². The molecular weight excluding hydrogens is 290 g/mol. The number of hydrogen-bond acceptors (Lipinski definition) is 4. The second kappa shape index (κ2) is 4.17. The zero-order valence-corrected chi connectivity index (χ0v) is 10.4. The molecule has 1 aromatic carbocycles. The quantitative estimate of drug-likeness (QED) is 0.682. The van der Waals surface area contributed by atoms with Crippen LogP contribution in [0.2, 0.25) is 0 Å². The molecule has 0 aliphatic heterocycles. The van der Waals surface area contributed by atoms with E-state index in [9.17, 15) is 15.2 Å². The van der Waals surface area contributed by atoms with Crippen LogP contribution in [-0.4, -0.2) is 19.8 Å². The number of non-ortho nitro benzene ring substituents is 1. The summed E-state index contributed by atoms with van der Waals surface area (Å²) in [5.74, 6) is -0.151. The number of nitrogens with zero attached hydrogens (tertiary/aromatic N) is 3. The molecule has 1 aromatic heterocycles. The van der Waals surface area contributed by atoms with Crippen molar-refractivity contribution in [2.75, 3.05) is 0 Å². The lowest BCUT2D eigenvalue weighted by molar-refractivity contribution is -0.384.